The predicted molar refractivity (Wildman–Crippen MR) is 151 cm³/mol. The van der Waals surface area contributed by atoms with Crippen molar-refractivity contribution in [3.63, 3.8) is 0 Å². The Bertz CT molecular complexity index is 1100. The first-order chi connectivity index (χ1) is 17.2. The molecule has 0 bridgehead atoms. The molecule has 1 aliphatic rings. The molecule has 37 heavy (non-hydrogen) atoms. The summed E-state index contributed by atoms with van der Waals surface area (Å²) in [5.41, 5.74) is 3.38. The molecular weight excluding hydrogens is 507 g/mol. The maximum absolute atomic E-state index is 12.8. The number of phenolic OH excluding ortho intramolecular Hbond substituents is 1. The minimum Gasteiger partial charge on any atom is -0.507 e. The molecule has 0 spiro atoms. The molecule has 9 heteroatoms. The van der Waals surface area contributed by atoms with Gasteiger partial charge < -0.3 is 19.1 Å². The minimum absolute atomic E-state index is 0.183. The Balaban J connectivity index is 1.75. The van der Waals surface area contributed by atoms with Crippen molar-refractivity contribution in [1.29, 1.82) is 0 Å². The Kier molecular flexibility index (Phi) is 9.32. The number of likely N-dealkylation sites (tertiary alicyclic amines) is 1. The van der Waals surface area contributed by atoms with Crippen LogP contribution in [0.4, 0.5) is 0 Å². The lowest BCUT2D eigenvalue weighted by Gasteiger charge is -2.32. The second-order valence-corrected chi connectivity index (χ2v) is 14.7. The van der Waals surface area contributed by atoms with Crippen molar-refractivity contribution in [2.24, 2.45) is 0 Å². The number of hydrogen-bond donors (Lipinski definition) is 1. The summed E-state index contributed by atoms with van der Waals surface area (Å²) < 4.78 is 23.4. The molecule has 1 aromatic heterocycles. The number of rotatable bonds is 8. The van der Waals surface area contributed by atoms with E-state index in [-0.39, 0.29) is 42.0 Å². The lowest BCUT2D eigenvalue weighted by Crippen LogP contribution is -2.39. The van der Waals surface area contributed by atoms with Gasteiger partial charge in [0.2, 0.25) is 5.91 Å². The number of aromatic hydroxyl groups is 1. The van der Waals surface area contributed by atoms with Gasteiger partial charge in [0.15, 0.2) is 0 Å². The van der Waals surface area contributed by atoms with Gasteiger partial charge in [-0.3, -0.25) is 9.36 Å². The van der Waals surface area contributed by atoms with Crippen LogP contribution >= 0.6 is 18.9 Å². The van der Waals surface area contributed by atoms with Gasteiger partial charge in [-0.05, 0) is 49.7 Å². The maximum Gasteiger partial charge on any atom is 0.340 e. The summed E-state index contributed by atoms with van der Waals surface area (Å²) in [4.78, 5) is 19.6. The highest BCUT2D eigenvalue weighted by Gasteiger charge is 2.33. The predicted octanol–water partition coefficient (Wildman–Crippen LogP) is 7.08. The van der Waals surface area contributed by atoms with Crippen LogP contribution in [0.3, 0.4) is 0 Å². The summed E-state index contributed by atoms with van der Waals surface area (Å²) in [6, 6.07) is 4.14. The number of carbonyl (C=O) groups excluding carboxylic acids is 1. The van der Waals surface area contributed by atoms with Crippen LogP contribution in [-0.4, -0.2) is 53.4 Å². The Labute approximate surface area is 226 Å². The lowest BCUT2D eigenvalue weighted by atomic mass is 9.78. The third kappa shape index (κ3) is 7.23. The summed E-state index contributed by atoms with van der Waals surface area (Å²) >= 11 is 1.65. The fourth-order valence-electron chi connectivity index (χ4n) is 4.70. The van der Waals surface area contributed by atoms with E-state index in [4.69, 9.17) is 14.0 Å². The molecule has 0 unspecified atom stereocenters. The second-order valence-electron chi connectivity index (χ2n) is 11.8. The zero-order valence-corrected chi connectivity index (χ0v) is 25.3. The minimum atomic E-state index is -3.40. The fourth-order valence-corrected chi connectivity index (χ4v) is 7.27. The van der Waals surface area contributed by atoms with Gasteiger partial charge in [-0.25, -0.2) is 4.98 Å². The van der Waals surface area contributed by atoms with E-state index in [1.165, 1.54) is 0 Å². The molecule has 0 atom stereocenters. The van der Waals surface area contributed by atoms with Crippen LogP contribution in [0.2, 0.25) is 0 Å². The number of piperidine rings is 1. The number of carbonyl (C=O) groups is 1. The third-order valence-corrected chi connectivity index (χ3v) is 9.69. The van der Waals surface area contributed by atoms with Crippen LogP contribution in [0.5, 0.6) is 5.75 Å². The quantitative estimate of drug-likeness (QED) is 0.353. The molecule has 1 aromatic carbocycles. The Morgan fingerprint density at radius 1 is 1.05 bits per heavy atom. The van der Waals surface area contributed by atoms with Crippen LogP contribution in [0.15, 0.2) is 17.5 Å². The number of aromatic nitrogens is 1. The van der Waals surface area contributed by atoms with E-state index >= 15 is 0 Å². The highest BCUT2D eigenvalue weighted by atomic mass is 32.1. The molecule has 2 aromatic rings. The van der Waals surface area contributed by atoms with Crippen molar-refractivity contribution in [1.82, 2.24) is 9.88 Å². The summed E-state index contributed by atoms with van der Waals surface area (Å²) in [7, 11) is -3.40. The van der Waals surface area contributed by atoms with Crippen molar-refractivity contribution >= 4 is 24.8 Å². The number of nitrogens with zero attached hydrogens (tertiary/aromatic N) is 2. The van der Waals surface area contributed by atoms with Gasteiger partial charge in [-0.2, -0.15) is 0 Å². The van der Waals surface area contributed by atoms with Gasteiger partial charge in [-0.15, -0.1) is 11.3 Å². The number of phenols is 1. The standard InChI is InChI=1S/C28H43N2O5PS/c1-9-34-36(33,35-10-2)17-24(31)30-13-11-19(12-14-30)26-29-23(18-37-26)20-15-21(27(3,4)5)25(32)22(16-20)28(6,7)8/h15-16,18-19,32H,9-14,17H2,1-8H3. The van der Waals surface area contributed by atoms with Crippen molar-refractivity contribution in [3.05, 3.63) is 33.6 Å². The number of thiazole rings is 1. The van der Waals surface area contributed by atoms with E-state index in [1.54, 1.807) is 30.1 Å². The number of benzene rings is 1. The largest absolute Gasteiger partial charge is 0.507 e. The van der Waals surface area contributed by atoms with Gasteiger partial charge >= 0.3 is 7.60 Å². The molecular formula is C28H43N2O5PS. The van der Waals surface area contributed by atoms with Gasteiger partial charge in [0, 0.05) is 41.1 Å². The van der Waals surface area contributed by atoms with Crippen LogP contribution in [0, 0.1) is 0 Å². The van der Waals surface area contributed by atoms with Gasteiger partial charge in [-0.1, -0.05) is 41.5 Å². The van der Waals surface area contributed by atoms with E-state index in [9.17, 15) is 14.5 Å². The van der Waals surface area contributed by atoms with Crippen molar-refractivity contribution in [3.8, 4) is 17.0 Å². The lowest BCUT2D eigenvalue weighted by molar-refractivity contribution is -0.129. The molecule has 1 fully saturated rings. The molecule has 1 saturated heterocycles. The number of amides is 1. The van der Waals surface area contributed by atoms with Crippen molar-refractivity contribution < 1.29 is 23.5 Å². The van der Waals surface area contributed by atoms with Gasteiger partial charge in [0.1, 0.15) is 11.9 Å². The maximum atomic E-state index is 12.8. The molecule has 1 aliphatic heterocycles. The normalized spacial score (nSPS) is 15.8. The zero-order chi connectivity index (χ0) is 27.6. The number of hydrogen-bond acceptors (Lipinski definition) is 7. The van der Waals surface area contributed by atoms with Gasteiger partial charge in [0.25, 0.3) is 0 Å². The molecule has 0 saturated carbocycles. The monoisotopic (exact) mass is 550 g/mol. The molecule has 2 heterocycles. The molecule has 1 N–H and O–H groups in total. The smallest absolute Gasteiger partial charge is 0.340 e. The first kappa shape index (κ1) is 29.8. The average molecular weight is 551 g/mol. The summed E-state index contributed by atoms with van der Waals surface area (Å²) in [5, 5.41) is 14.2. The highest BCUT2D eigenvalue weighted by Crippen LogP contribution is 2.48. The highest BCUT2D eigenvalue weighted by molar-refractivity contribution is 7.54. The van der Waals surface area contributed by atoms with Crippen LogP contribution in [-0.2, 0) is 29.2 Å². The molecule has 3 rings (SSSR count). The van der Waals surface area contributed by atoms with Crippen molar-refractivity contribution in [2.75, 3.05) is 32.5 Å². The van der Waals surface area contributed by atoms with E-state index in [1.807, 2.05) is 0 Å². The molecule has 7 nitrogen and oxygen atoms in total. The third-order valence-electron chi connectivity index (χ3n) is 6.72. The molecule has 0 aliphatic carbocycles. The second kappa shape index (κ2) is 11.6. The molecule has 206 valence electrons. The summed E-state index contributed by atoms with van der Waals surface area (Å²) in [6.07, 6.45) is 1.40. The fraction of sp³-hybridized carbons (Fsp3) is 0.643. The Morgan fingerprint density at radius 2 is 1.57 bits per heavy atom. The summed E-state index contributed by atoms with van der Waals surface area (Å²) in [6.45, 7) is 17.8. The first-order valence-electron chi connectivity index (χ1n) is 13.2. The topological polar surface area (TPSA) is 89.0 Å². The summed E-state index contributed by atoms with van der Waals surface area (Å²) in [5.74, 6) is 0.459. The van der Waals surface area contributed by atoms with Crippen LogP contribution in [0.25, 0.3) is 11.3 Å². The van der Waals surface area contributed by atoms with E-state index in [0.717, 1.165) is 40.2 Å². The van der Waals surface area contributed by atoms with E-state index in [0.29, 0.717) is 18.8 Å². The Morgan fingerprint density at radius 3 is 2.03 bits per heavy atom. The first-order valence-corrected chi connectivity index (χ1v) is 15.8. The van der Waals surface area contributed by atoms with Gasteiger partial charge in [0.05, 0.1) is 23.9 Å². The van der Waals surface area contributed by atoms with Crippen LogP contribution < -0.4 is 0 Å². The SMILES string of the molecule is CCOP(=O)(CC(=O)N1CCC(c2nc(-c3cc(C(C)(C)C)c(O)c(C(C)(C)C)c3)cs2)CC1)OCC. The van der Waals surface area contributed by atoms with Crippen LogP contribution in [0.1, 0.15) is 90.3 Å². The zero-order valence-electron chi connectivity index (χ0n) is 23.6. The Hall–Kier alpha value is -1.73. The van der Waals surface area contributed by atoms with E-state index in [2.05, 4.69) is 59.1 Å². The molecule has 0 radical (unpaired) electrons. The van der Waals surface area contributed by atoms with Crippen molar-refractivity contribution in [2.45, 2.75) is 85.0 Å². The molecule has 1 amide bonds. The average Bonchev–Trinajstić information content (AvgIpc) is 3.28. The van der Waals surface area contributed by atoms with E-state index < -0.39 is 7.60 Å².